The Morgan fingerprint density at radius 3 is 1.24 bits per heavy atom. The maximum atomic E-state index is 2.42. The third-order valence-corrected chi connectivity index (χ3v) is 5.44. The van der Waals surface area contributed by atoms with Crippen LogP contribution in [0, 0.1) is 0 Å². The average Bonchev–Trinajstić information content (AvgIpc) is 2.35. The molecular weight excluding hydrogens is 320 g/mol. The van der Waals surface area contributed by atoms with Gasteiger partial charge in [-0.05, 0) is 0 Å². The molecule has 0 atom stereocenters. The van der Waals surface area contributed by atoms with Gasteiger partial charge < -0.3 is 0 Å². The van der Waals surface area contributed by atoms with Crippen LogP contribution in [0.4, 0.5) is 0 Å². The van der Waals surface area contributed by atoms with Crippen LogP contribution in [0.3, 0.4) is 0 Å². The Morgan fingerprint density at radius 1 is 0.529 bits per heavy atom. The molecule has 0 aliphatic heterocycles. The van der Waals surface area contributed by atoms with Gasteiger partial charge in [-0.3, -0.25) is 0 Å². The molecule has 0 aromatic heterocycles. The van der Waals surface area contributed by atoms with Crippen LogP contribution < -0.4 is 0 Å². The predicted octanol–water partition coefficient (Wildman–Crippen LogP) is 6.25. The molecule has 0 bridgehead atoms. The van der Waals surface area contributed by atoms with E-state index < -0.39 is 0 Å². The van der Waals surface area contributed by atoms with Crippen molar-refractivity contribution in [2.45, 2.75) is 99.8 Å². The molecule has 0 nitrogen and oxygen atoms in total. The zero-order valence-corrected chi connectivity index (χ0v) is 14.6. The van der Waals surface area contributed by atoms with Gasteiger partial charge in [0.25, 0.3) is 0 Å². The number of unbranched alkanes of at least 4 members (excludes halogenated alkanes) is 12. The molecule has 1 heteroatoms. The van der Waals surface area contributed by atoms with Crippen molar-refractivity contribution in [2.75, 3.05) is 0 Å². The van der Waals surface area contributed by atoms with Crippen molar-refractivity contribution >= 4 is 20.9 Å². The van der Waals surface area contributed by atoms with Crippen molar-refractivity contribution in [3.63, 3.8) is 0 Å². The number of hydrogen-bond acceptors (Lipinski definition) is 0. The van der Waals surface area contributed by atoms with Gasteiger partial charge in [0, 0.05) is 0 Å². The molecule has 0 rings (SSSR count). The maximum absolute atomic E-state index is 2.42. The van der Waals surface area contributed by atoms with Crippen LogP contribution in [0.25, 0.3) is 0 Å². The number of hydrogen-bond donors (Lipinski definition) is 0. The van der Waals surface area contributed by atoms with E-state index in [0.717, 1.165) is 0 Å². The molecular formula is C16H34Te. The average molecular weight is 354 g/mol. The van der Waals surface area contributed by atoms with Crippen LogP contribution in [0.1, 0.15) is 90.4 Å². The second-order valence-electron chi connectivity index (χ2n) is 5.24. The summed E-state index contributed by atoms with van der Waals surface area (Å²) in [6, 6.07) is 0. The summed E-state index contributed by atoms with van der Waals surface area (Å²) >= 11 is 0.419. The normalized spacial score (nSPS) is 10.9. The fraction of sp³-hybridized carbons (Fsp3) is 1.00. The van der Waals surface area contributed by atoms with E-state index in [1.54, 1.807) is 4.47 Å². The van der Waals surface area contributed by atoms with Crippen molar-refractivity contribution in [3.05, 3.63) is 0 Å². The first-order valence-corrected chi connectivity index (χ1v) is 11.9. The summed E-state index contributed by atoms with van der Waals surface area (Å²) in [4.78, 5) is 2.42. The zero-order valence-electron chi connectivity index (χ0n) is 12.3. The van der Waals surface area contributed by atoms with E-state index in [1.807, 2.05) is 0 Å². The second-order valence-corrected chi connectivity index (χ2v) is 8.05. The topological polar surface area (TPSA) is 0 Å². The standard InChI is InChI=1S/C16H34Te/c1-3-4-5-6-7-8-9-10-11-12-13-14-15-16-17-2/h3-16H2,1-2H3. The minimum atomic E-state index is 0.419. The van der Waals surface area contributed by atoms with E-state index in [0.29, 0.717) is 20.9 Å². The van der Waals surface area contributed by atoms with Crippen LogP contribution in [0.5, 0.6) is 0 Å². The van der Waals surface area contributed by atoms with Crippen molar-refractivity contribution in [1.29, 1.82) is 0 Å². The van der Waals surface area contributed by atoms with Crippen LogP contribution in [-0.2, 0) is 0 Å². The van der Waals surface area contributed by atoms with E-state index in [9.17, 15) is 0 Å². The predicted molar refractivity (Wildman–Crippen MR) is 82.1 cm³/mol. The van der Waals surface area contributed by atoms with Crippen LogP contribution in [0.2, 0.25) is 9.44 Å². The van der Waals surface area contributed by atoms with Crippen molar-refractivity contribution < 1.29 is 0 Å². The summed E-state index contributed by atoms with van der Waals surface area (Å²) in [5.74, 6) is 0. The Kier molecular flexibility index (Phi) is 17.6. The molecule has 17 heavy (non-hydrogen) atoms. The fourth-order valence-electron chi connectivity index (χ4n) is 2.26. The van der Waals surface area contributed by atoms with E-state index in [-0.39, 0.29) is 0 Å². The van der Waals surface area contributed by atoms with Gasteiger partial charge >= 0.3 is 101 Å². The molecule has 0 amide bonds. The summed E-state index contributed by atoms with van der Waals surface area (Å²) in [5.41, 5.74) is 0. The van der Waals surface area contributed by atoms with Crippen LogP contribution in [0.15, 0.2) is 0 Å². The Balaban J connectivity index is 2.85. The molecule has 0 heterocycles. The first-order chi connectivity index (χ1) is 8.41. The minimum absolute atomic E-state index is 0.419. The van der Waals surface area contributed by atoms with Gasteiger partial charge in [-0.2, -0.15) is 0 Å². The van der Waals surface area contributed by atoms with Gasteiger partial charge in [0.2, 0.25) is 0 Å². The molecule has 0 radical (unpaired) electrons. The van der Waals surface area contributed by atoms with Crippen molar-refractivity contribution in [2.24, 2.45) is 0 Å². The number of rotatable bonds is 14. The molecule has 0 fully saturated rings. The fourth-order valence-corrected chi connectivity index (χ4v) is 3.67. The van der Waals surface area contributed by atoms with E-state index in [4.69, 9.17) is 0 Å². The summed E-state index contributed by atoms with van der Waals surface area (Å²) in [6.45, 7) is 2.29. The molecule has 0 saturated heterocycles. The molecule has 104 valence electrons. The SMILES string of the molecule is CCCCCCCCCCCCCCC[Te]C. The Labute approximate surface area is 120 Å². The first kappa shape index (κ1) is 17.8. The molecule has 0 N–H and O–H groups in total. The van der Waals surface area contributed by atoms with Crippen LogP contribution in [-0.4, -0.2) is 20.9 Å². The molecule has 0 aliphatic rings. The zero-order chi connectivity index (χ0) is 12.6. The second kappa shape index (κ2) is 16.8. The van der Waals surface area contributed by atoms with Gasteiger partial charge in [0.15, 0.2) is 0 Å². The van der Waals surface area contributed by atoms with Crippen molar-refractivity contribution in [1.82, 2.24) is 0 Å². The Morgan fingerprint density at radius 2 is 0.882 bits per heavy atom. The monoisotopic (exact) mass is 356 g/mol. The van der Waals surface area contributed by atoms with Gasteiger partial charge in [0.05, 0.1) is 0 Å². The Bertz CT molecular complexity index is 109. The molecule has 0 saturated carbocycles. The van der Waals surface area contributed by atoms with Gasteiger partial charge in [-0.25, -0.2) is 0 Å². The third kappa shape index (κ3) is 16.8. The molecule has 0 spiro atoms. The molecule has 0 unspecified atom stereocenters. The van der Waals surface area contributed by atoms with Gasteiger partial charge in [-0.15, -0.1) is 0 Å². The van der Waals surface area contributed by atoms with Gasteiger partial charge in [0.1, 0.15) is 0 Å². The summed E-state index contributed by atoms with van der Waals surface area (Å²) in [6.07, 6.45) is 19.3. The summed E-state index contributed by atoms with van der Waals surface area (Å²) in [5, 5.41) is 0. The quantitative estimate of drug-likeness (QED) is 0.256. The molecule has 0 aliphatic carbocycles. The third-order valence-electron chi connectivity index (χ3n) is 3.45. The summed E-state index contributed by atoms with van der Waals surface area (Å²) in [7, 11) is 0. The van der Waals surface area contributed by atoms with Crippen LogP contribution >= 0.6 is 0 Å². The van der Waals surface area contributed by atoms with E-state index in [2.05, 4.69) is 11.9 Å². The van der Waals surface area contributed by atoms with Crippen molar-refractivity contribution in [3.8, 4) is 0 Å². The summed E-state index contributed by atoms with van der Waals surface area (Å²) < 4.78 is 1.57. The van der Waals surface area contributed by atoms with E-state index in [1.165, 1.54) is 83.5 Å². The first-order valence-electron chi connectivity index (χ1n) is 7.90. The van der Waals surface area contributed by atoms with Gasteiger partial charge in [-0.1, -0.05) is 19.8 Å². The molecule has 0 aromatic rings. The molecule has 0 aromatic carbocycles. The Hall–Kier alpha value is 0.790. The van der Waals surface area contributed by atoms with E-state index >= 15 is 0 Å².